The normalized spacial score (nSPS) is 27.2. The van der Waals surface area contributed by atoms with Crippen LogP contribution in [-0.2, 0) is 30.3 Å². The largest absolute Gasteiger partial charge is 0.507 e. The Hall–Kier alpha value is -3.54. The van der Waals surface area contributed by atoms with Gasteiger partial charge < -0.3 is 35.4 Å². The van der Waals surface area contributed by atoms with Crippen molar-refractivity contribution in [3.63, 3.8) is 0 Å². The number of aliphatic hydroxyl groups excluding tert-OH is 1. The highest BCUT2D eigenvalue weighted by molar-refractivity contribution is 7.98. The molecule has 11 heteroatoms. The van der Waals surface area contributed by atoms with E-state index in [2.05, 4.69) is 10.6 Å². The Kier molecular flexibility index (Phi) is 15.8. The monoisotopic (exact) mass is 684 g/mol. The first-order valence-corrected chi connectivity index (χ1v) is 18.0. The second kappa shape index (κ2) is 19.5. The molecule has 0 spiro atoms. The van der Waals surface area contributed by atoms with E-state index in [-0.39, 0.29) is 41.3 Å². The molecular formula is C37H52N2O8S. The fraction of sp³-hybridized carbons (Fsp3) is 0.541. The maximum absolute atomic E-state index is 13.2. The van der Waals surface area contributed by atoms with Gasteiger partial charge >= 0.3 is 5.97 Å². The van der Waals surface area contributed by atoms with Gasteiger partial charge in [-0.2, -0.15) is 0 Å². The number of carbonyl (C=O) groups is 3. The zero-order chi connectivity index (χ0) is 35.2. The molecule has 48 heavy (non-hydrogen) atoms. The van der Waals surface area contributed by atoms with Crippen LogP contribution in [-0.4, -0.2) is 70.8 Å². The first-order valence-electron chi connectivity index (χ1n) is 16.8. The molecule has 0 unspecified atom stereocenters. The molecule has 0 radical (unpaired) electrons. The lowest BCUT2D eigenvalue weighted by Crippen LogP contribution is -2.45. The van der Waals surface area contributed by atoms with Crippen molar-refractivity contribution in [2.75, 3.05) is 18.7 Å². The summed E-state index contributed by atoms with van der Waals surface area (Å²) >= 11 is 1.20. The van der Waals surface area contributed by atoms with E-state index in [1.54, 1.807) is 44.4 Å². The molecule has 264 valence electrons. The van der Waals surface area contributed by atoms with Crippen LogP contribution < -0.4 is 10.6 Å². The summed E-state index contributed by atoms with van der Waals surface area (Å²) in [7, 11) is 1.50. The smallest absolute Gasteiger partial charge is 0.328 e. The summed E-state index contributed by atoms with van der Waals surface area (Å²) in [5, 5.41) is 38.7. The molecule has 1 aromatic rings. The Morgan fingerprint density at radius 2 is 1.81 bits per heavy atom. The second-order valence-corrected chi connectivity index (χ2v) is 13.4. The Morgan fingerprint density at radius 1 is 1.10 bits per heavy atom. The molecule has 0 saturated heterocycles. The van der Waals surface area contributed by atoms with Crippen LogP contribution in [0.5, 0.6) is 11.5 Å². The number of ether oxygens (including phenoxy) is 2. The van der Waals surface area contributed by atoms with E-state index in [1.807, 2.05) is 25.2 Å². The van der Waals surface area contributed by atoms with E-state index in [4.69, 9.17) is 9.47 Å². The van der Waals surface area contributed by atoms with Crippen LogP contribution >= 0.6 is 11.8 Å². The number of hydrogen-bond donors (Lipinski definition) is 5. The van der Waals surface area contributed by atoms with Gasteiger partial charge in [-0.05, 0) is 57.4 Å². The number of phenols is 2. The van der Waals surface area contributed by atoms with Gasteiger partial charge in [-0.25, -0.2) is 4.79 Å². The molecule has 1 fully saturated rings. The fourth-order valence-electron chi connectivity index (χ4n) is 5.99. The minimum Gasteiger partial charge on any atom is -0.507 e. The summed E-state index contributed by atoms with van der Waals surface area (Å²) in [6.45, 7) is 5.23. The number of fused-ring (bicyclic) bond motifs is 2. The summed E-state index contributed by atoms with van der Waals surface area (Å²) < 4.78 is 11.4. The zero-order valence-electron chi connectivity index (χ0n) is 28.7. The van der Waals surface area contributed by atoms with E-state index in [1.165, 1.54) is 24.9 Å². The van der Waals surface area contributed by atoms with Crippen molar-refractivity contribution >= 4 is 35.2 Å². The van der Waals surface area contributed by atoms with Crippen molar-refractivity contribution in [1.82, 2.24) is 5.32 Å². The van der Waals surface area contributed by atoms with E-state index < -0.39 is 36.2 Å². The van der Waals surface area contributed by atoms with Crippen molar-refractivity contribution in [1.29, 1.82) is 0 Å². The summed E-state index contributed by atoms with van der Waals surface area (Å²) in [5.74, 6) is -1.84. The van der Waals surface area contributed by atoms with Gasteiger partial charge in [0.1, 0.15) is 29.3 Å². The first-order chi connectivity index (χ1) is 23.0. The fourth-order valence-corrected chi connectivity index (χ4v) is 6.61. The molecule has 5 N–H and O–H groups in total. The van der Waals surface area contributed by atoms with Gasteiger partial charge in [0.25, 0.3) is 0 Å². The first kappa shape index (κ1) is 38.9. The molecule has 2 aliphatic rings. The molecule has 1 aliphatic heterocycles. The van der Waals surface area contributed by atoms with Gasteiger partial charge in [-0.15, -0.1) is 11.8 Å². The number of hydrogen-bond acceptors (Lipinski definition) is 9. The predicted molar refractivity (Wildman–Crippen MR) is 189 cm³/mol. The molecule has 0 aromatic heterocycles. The van der Waals surface area contributed by atoms with E-state index in [9.17, 15) is 29.7 Å². The van der Waals surface area contributed by atoms with Crippen molar-refractivity contribution in [2.45, 2.75) is 108 Å². The van der Waals surface area contributed by atoms with Crippen molar-refractivity contribution < 1.29 is 39.2 Å². The maximum atomic E-state index is 13.2. The number of methoxy groups -OCH3 is 1. The summed E-state index contributed by atoms with van der Waals surface area (Å²) in [6, 6.07) is 0.651. The number of aromatic hydroxyl groups is 2. The molecule has 2 amide bonds. The number of rotatable bonds is 6. The third kappa shape index (κ3) is 11.3. The van der Waals surface area contributed by atoms with Crippen molar-refractivity contribution in [3.8, 4) is 11.5 Å². The number of aryl methyl sites for hydroxylation is 1. The molecule has 1 heterocycles. The van der Waals surface area contributed by atoms with Crippen LogP contribution in [0, 0.1) is 11.8 Å². The second-order valence-electron chi connectivity index (χ2n) is 12.6. The van der Waals surface area contributed by atoms with E-state index in [0.717, 1.165) is 32.1 Å². The molecule has 10 nitrogen and oxygen atoms in total. The number of amides is 2. The number of thioether (sulfide) groups is 1. The predicted octanol–water partition coefficient (Wildman–Crippen LogP) is 6.11. The number of anilines is 1. The average molecular weight is 685 g/mol. The van der Waals surface area contributed by atoms with Gasteiger partial charge in [-0.3, -0.25) is 9.59 Å². The Balaban J connectivity index is 1.86. The lowest BCUT2D eigenvalue weighted by molar-refractivity contribution is -0.156. The summed E-state index contributed by atoms with van der Waals surface area (Å²) in [6.07, 6.45) is 18.0. The van der Waals surface area contributed by atoms with Gasteiger partial charge in [0.15, 0.2) is 0 Å². The van der Waals surface area contributed by atoms with Crippen LogP contribution in [0.25, 0.3) is 0 Å². The number of aliphatic hydroxyl groups is 1. The number of allylic oxidation sites excluding steroid dienone is 5. The van der Waals surface area contributed by atoms with Crippen LogP contribution in [0.4, 0.5) is 5.69 Å². The van der Waals surface area contributed by atoms with E-state index >= 15 is 0 Å². The Labute approximate surface area is 288 Å². The minimum absolute atomic E-state index is 0.0147. The Morgan fingerprint density at radius 3 is 2.50 bits per heavy atom. The van der Waals surface area contributed by atoms with Gasteiger partial charge in [0.2, 0.25) is 11.8 Å². The quantitative estimate of drug-likeness (QED) is 0.0785. The third-order valence-electron chi connectivity index (χ3n) is 9.02. The highest BCUT2D eigenvalue weighted by atomic mass is 32.2. The maximum Gasteiger partial charge on any atom is 0.328 e. The lowest BCUT2D eigenvalue weighted by atomic mass is 9.88. The minimum atomic E-state index is -0.947. The molecule has 1 aromatic carbocycles. The van der Waals surface area contributed by atoms with Crippen molar-refractivity contribution in [2.24, 2.45) is 11.8 Å². The molecule has 5 atom stereocenters. The van der Waals surface area contributed by atoms with Crippen LogP contribution in [0.15, 0.2) is 59.1 Å². The topological polar surface area (TPSA) is 154 Å². The van der Waals surface area contributed by atoms with Gasteiger partial charge in [0.05, 0.1) is 23.5 Å². The molecule has 2 bridgehead atoms. The number of nitrogens with one attached hydrogen (secondary N) is 2. The van der Waals surface area contributed by atoms with E-state index in [0.29, 0.717) is 35.3 Å². The van der Waals surface area contributed by atoms with Gasteiger partial charge in [-0.1, -0.05) is 68.7 Å². The van der Waals surface area contributed by atoms with Crippen LogP contribution in [0.3, 0.4) is 0 Å². The molecule has 1 aliphatic carbocycles. The standard InChI is InChI=1S/C37H52N2O8S/c1-23-15-14-18-27-21-29(40)35(48-5)32(34(27)43)39-31(41)22-28(46-4)19-12-7-6-8-13-20-30(24(2)33(23)42)47-37(45)25(3)38-36(44)26-16-10-9-11-17-26/h6-8,12-13,15,19,21,24-26,28,30,33,40,42-43H,9-11,14,16-18,20,22H2,1-5H3,(H,38,44)(H,39,41)/b7-6-,13-8-,19-12-,23-15-/t24-,25+,28-,30-,33-/m0/s1. The Bertz CT molecular complexity index is 1380. The van der Waals surface area contributed by atoms with Gasteiger partial charge in [0, 0.05) is 30.9 Å². The number of esters is 1. The molecular weight excluding hydrogens is 632 g/mol. The number of benzene rings is 1. The number of carbonyl (C=O) groups excluding carboxylic acids is 3. The average Bonchev–Trinajstić information content (AvgIpc) is 3.07. The third-order valence-corrected chi connectivity index (χ3v) is 9.84. The lowest BCUT2D eigenvalue weighted by Gasteiger charge is -2.29. The van der Waals surface area contributed by atoms with Crippen LogP contribution in [0.2, 0.25) is 0 Å². The summed E-state index contributed by atoms with van der Waals surface area (Å²) in [5.41, 5.74) is 1.23. The van der Waals surface area contributed by atoms with Crippen molar-refractivity contribution in [3.05, 3.63) is 59.7 Å². The zero-order valence-corrected chi connectivity index (χ0v) is 29.6. The number of phenolic OH excluding ortho intramolecular Hbond substituents is 2. The summed E-state index contributed by atoms with van der Waals surface area (Å²) in [4.78, 5) is 39.2. The highest BCUT2D eigenvalue weighted by Crippen LogP contribution is 2.43. The highest BCUT2D eigenvalue weighted by Gasteiger charge is 2.31. The molecule has 1 saturated carbocycles. The van der Waals surface area contributed by atoms with Crippen LogP contribution in [0.1, 0.15) is 77.7 Å². The SMILES string of the molecule is CO[C@H]1\C=C/C=C\C=C/C[C@H](OC(=O)[C@@H](C)NC(=O)C2CCCCC2)[C@H](C)[C@@H](O)/C(C)=C\CCc2cc(O)c(SC)c(c2O)NC(=O)C1. The molecule has 3 rings (SSSR count).